The molecule has 4 rings (SSSR count). The van der Waals surface area contributed by atoms with Gasteiger partial charge in [0.25, 0.3) is 0 Å². The van der Waals surface area contributed by atoms with Crippen LogP contribution in [0.5, 0.6) is 0 Å². The number of aromatic nitrogens is 1. The van der Waals surface area contributed by atoms with Crippen molar-refractivity contribution in [3.8, 4) is 11.3 Å². The molecule has 1 aromatic heterocycles. The zero-order valence-corrected chi connectivity index (χ0v) is 18.0. The van der Waals surface area contributed by atoms with Gasteiger partial charge < -0.3 is 10.0 Å². The van der Waals surface area contributed by atoms with E-state index in [0.29, 0.717) is 12.8 Å². The first-order valence-corrected chi connectivity index (χ1v) is 10.8. The highest BCUT2D eigenvalue weighted by molar-refractivity contribution is 5.70. The lowest BCUT2D eigenvalue weighted by Gasteiger charge is -2.42. The van der Waals surface area contributed by atoms with Crippen LogP contribution in [0.1, 0.15) is 64.5 Å². The van der Waals surface area contributed by atoms with Crippen molar-refractivity contribution in [1.82, 2.24) is 4.98 Å². The first-order chi connectivity index (χ1) is 13.7. The topological polar surface area (TPSA) is 53.4 Å². The quantitative estimate of drug-likeness (QED) is 0.760. The molecule has 4 nitrogen and oxygen atoms in total. The Bertz CT molecular complexity index is 924. The monoisotopic (exact) mass is 392 g/mol. The highest BCUT2D eigenvalue weighted by Crippen LogP contribution is 2.46. The Balaban J connectivity index is 1.64. The summed E-state index contributed by atoms with van der Waals surface area (Å²) in [5, 5.41) is 9.23. The van der Waals surface area contributed by atoms with Gasteiger partial charge in [0.05, 0.1) is 11.6 Å². The minimum absolute atomic E-state index is 0.178. The van der Waals surface area contributed by atoms with E-state index in [9.17, 15) is 9.90 Å². The number of benzene rings is 1. The summed E-state index contributed by atoms with van der Waals surface area (Å²) in [6.07, 6.45) is 3.78. The molecule has 1 aromatic carbocycles. The molecule has 2 heterocycles. The third-order valence-electron chi connectivity index (χ3n) is 7.05. The molecule has 0 amide bonds. The van der Waals surface area contributed by atoms with Crippen molar-refractivity contribution in [1.29, 1.82) is 0 Å². The van der Waals surface area contributed by atoms with Gasteiger partial charge in [0.2, 0.25) is 0 Å². The van der Waals surface area contributed by atoms with Crippen LogP contribution in [-0.4, -0.2) is 29.1 Å². The second-order valence-electron chi connectivity index (χ2n) is 10.0. The van der Waals surface area contributed by atoms with Crippen molar-refractivity contribution in [2.75, 3.05) is 18.0 Å². The number of hydrogen-bond acceptors (Lipinski definition) is 3. The maximum Gasteiger partial charge on any atom is 0.306 e. The average Bonchev–Trinajstić information content (AvgIpc) is 2.71. The molecule has 2 aromatic rings. The van der Waals surface area contributed by atoms with Crippen LogP contribution < -0.4 is 4.90 Å². The lowest BCUT2D eigenvalue weighted by molar-refractivity contribution is -0.142. The van der Waals surface area contributed by atoms with Crippen LogP contribution >= 0.6 is 0 Å². The van der Waals surface area contributed by atoms with E-state index in [4.69, 9.17) is 4.98 Å². The van der Waals surface area contributed by atoms with Gasteiger partial charge in [-0.05, 0) is 65.8 Å². The Morgan fingerprint density at radius 2 is 1.66 bits per heavy atom. The van der Waals surface area contributed by atoms with Gasteiger partial charge in [-0.15, -0.1) is 0 Å². The summed E-state index contributed by atoms with van der Waals surface area (Å²) in [4.78, 5) is 18.4. The molecule has 0 spiro atoms. The number of aliphatic carboxylic acids is 1. The van der Waals surface area contributed by atoms with Crippen molar-refractivity contribution in [2.45, 2.75) is 64.2 Å². The molecule has 154 valence electrons. The average molecular weight is 393 g/mol. The number of fused-ring (bicyclic) bond motifs is 1. The largest absolute Gasteiger partial charge is 0.481 e. The Morgan fingerprint density at radius 3 is 2.31 bits per heavy atom. The first-order valence-electron chi connectivity index (χ1n) is 10.8. The number of anilines is 1. The Labute approximate surface area is 174 Å². The number of carbonyl (C=O) groups is 1. The number of nitrogens with zero attached hydrogens (tertiary/aromatic N) is 2. The van der Waals surface area contributed by atoms with E-state index in [1.165, 1.54) is 24.0 Å². The highest BCUT2D eigenvalue weighted by atomic mass is 16.4. The van der Waals surface area contributed by atoms with Crippen LogP contribution in [0.2, 0.25) is 0 Å². The smallest absolute Gasteiger partial charge is 0.306 e. The van der Waals surface area contributed by atoms with Crippen molar-refractivity contribution in [2.24, 2.45) is 5.92 Å². The maximum atomic E-state index is 11.2. The summed E-state index contributed by atoms with van der Waals surface area (Å²) >= 11 is 0. The molecule has 1 N–H and O–H groups in total. The molecule has 0 radical (unpaired) electrons. The molecule has 4 heteroatoms. The van der Waals surface area contributed by atoms with E-state index in [1.54, 1.807) is 0 Å². The molecule has 0 saturated carbocycles. The van der Waals surface area contributed by atoms with E-state index in [2.05, 4.69) is 62.9 Å². The molecule has 0 unspecified atom stereocenters. The number of hydrogen-bond donors (Lipinski definition) is 1. The summed E-state index contributed by atoms with van der Waals surface area (Å²) in [7, 11) is 0. The van der Waals surface area contributed by atoms with Gasteiger partial charge in [-0.25, -0.2) is 4.98 Å². The molecule has 29 heavy (non-hydrogen) atoms. The molecular weight excluding hydrogens is 360 g/mol. The molecular formula is C25H32N2O2. The lowest BCUT2D eigenvalue weighted by atomic mass is 9.63. The minimum Gasteiger partial charge on any atom is -0.481 e. The van der Waals surface area contributed by atoms with E-state index in [-0.39, 0.29) is 16.7 Å². The summed E-state index contributed by atoms with van der Waals surface area (Å²) in [5.41, 5.74) is 5.45. The number of piperidine rings is 1. The van der Waals surface area contributed by atoms with Crippen molar-refractivity contribution >= 4 is 11.8 Å². The second kappa shape index (κ2) is 7.16. The summed E-state index contributed by atoms with van der Waals surface area (Å²) < 4.78 is 0. The predicted octanol–water partition coefficient (Wildman–Crippen LogP) is 5.40. The van der Waals surface area contributed by atoms with E-state index in [1.807, 2.05) is 6.07 Å². The fourth-order valence-electron chi connectivity index (χ4n) is 4.86. The van der Waals surface area contributed by atoms with E-state index >= 15 is 0 Å². The molecule has 0 atom stereocenters. The minimum atomic E-state index is -0.675. The fraction of sp³-hybridized carbons (Fsp3) is 0.520. The molecule has 0 bridgehead atoms. The Hall–Kier alpha value is -2.36. The van der Waals surface area contributed by atoms with Crippen LogP contribution in [0.3, 0.4) is 0 Å². The fourth-order valence-corrected chi connectivity index (χ4v) is 4.86. The third kappa shape index (κ3) is 3.77. The van der Waals surface area contributed by atoms with Gasteiger partial charge in [0, 0.05) is 18.7 Å². The van der Waals surface area contributed by atoms with Crippen molar-refractivity contribution in [3.63, 3.8) is 0 Å². The molecule has 1 aliphatic carbocycles. The maximum absolute atomic E-state index is 11.2. The number of carboxylic acids is 1. The van der Waals surface area contributed by atoms with Gasteiger partial charge in [-0.1, -0.05) is 45.9 Å². The summed E-state index contributed by atoms with van der Waals surface area (Å²) in [6, 6.07) is 13.0. The van der Waals surface area contributed by atoms with Crippen LogP contribution in [0.25, 0.3) is 11.3 Å². The van der Waals surface area contributed by atoms with Crippen LogP contribution in [-0.2, 0) is 15.6 Å². The van der Waals surface area contributed by atoms with E-state index < -0.39 is 5.97 Å². The van der Waals surface area contributed by atoms with Gasteiger partial charge in [0.1, 0.15) is 5.82 Å². The van der Waals surface area contributed by atoms with Crippen LogP contribution in [0, 0.1) is 5.92 Å². The second-order valence-corrected chi connectivity index (χ2v) is 10.0. The van der Waals surface area contributed by atoms with E-state index in [0.717, 1.165) is 30.2 Å². The summed E-state index contributed by atoms with van der Waals surface area (Å²) in [6.45, 7) is 10.9. The molecule has 2 aliphatic rings. The molecule has 1 fully saturated rings. The van der Waals surface area contributed by atoms with Crippen LogP contribution in [0.15, 0.2) is 36.4 Å². The van der Waals surface area contributed by atoms with Crippen LogP contribution in [0.4, 0.5) is 5.82 Å². The third-order valence-corrected chi connectivity index (χ3v) is 7.05. The Kier molecular flexibility index (Phi) is 4.92. The zero-order chi connectivity index (χ0) is 20.8. The van der Waals surface area contributed by atoms with Gasteiger partial charge >= 0.3 is 5.97 Å². The SMILES string of the molecule is CC1(C)CCC(C)(C)c2cc(-c3cccc(N4CCC(C(=O)O)CC4)n3)ccc21. The van der Waals surface area contributed by atoms with Gasteiger partial charge in [-0.2, -0.15) is 0 Å². The predicted molar refractivity (Wildman–Crippen MR) is 118 cm³/mol. The number of pyridine rings is 1. The molecule has 1 aliphatic heterocycles. The lowest BCUT2D eigenvalue weighted by Crippen LogP contribution is -2.36. The summed E-state index contributed by atoms with van der Waals surface area (Å²) in [5.74, 6) is 0.0512. The Morgan fingerprint density at radius 1 is 1.00 bits per heavy atom. The number of carboxylic acid groups (broad SMARTS) is 1. The van der Waals surface area contributed by atoms with Gasteiger partial charge in [0.15, 0.2) is 0 Å². The zero-order valence-electron chi connectivity index (χ0n) is 18.0. The van der Waals surface area contributed by atoms with Crippen molar-refractivity contribution < 1.29 is 9.90 Å². The van der Waals surface area contributed by atoms with Gasteiger partial charge in [-0.3, -0.25) is 4.79 Å². The normalized spacial score (nSPS) is 20.9. The standard InChI is InChI=1S/C25H32N2O2/c1-24(2)12-13-25(3,4)20-16-18(8-9-19(20)24)21-6-5-7-22(26-21)27-14-10-17(11-15-27)23(28)29/h5-9,16-17H,10-15H2,1-4H3,(H,28,29). The van der Waals surface area contributed by atoms with Crippen molar-refractivity contribution in [3.05, 3.63) is 47.5 Å². The number of rotatable bonds is 3. The highest BCUT2D eigenvalue weighted by Gasteiger charge is 2.37. The first kappa shape index (κ1) is 19.9. The molecule has 1 saturated heterocycles.